The van der Waals surface area contributed by atoms with Crippen LogP contribution in [0.1, 0.15) is 18.4 Å². The zero-order valence-electron chi connectivity index (χ0n) is 8.48. The van der Waals surface area contributed by atoms with Gasteiger partial charge in [-0.05, 0) is 12.5 Å². The number of fused-ring (bicyclic) bond motifs is 1. The van der Waals surface area contributed by atoms with E-state index in [-0.39, 0.29) is 5.91 Å². The molecule has 0 spiro atoms. The summed E-state index contributed by atoms with van der Waals surface area (Å²) in [4.78, 5) is 13.6. The van der Waals surface area contributed by atoms with Gasteiger partial charge in [-0.3, -0.25) is 9.69 Å². The first kappa shape index (κ1) is 8.97. The molecule has 1 N–H and O–H groups in total. The molecular formula is C11H14N2O2. The normalized spacial score (nSPS) is 30.5. The fraction of sp³-hybridized carbons (Fsp3) is 0.545. The number of carbonyl (C=O) groups is 1. The van der Waals surface area contributed by atoms with Gasteiger partial charge >= 0.3 is 0 Å². The van der Waals surface area contributed by atoms with Gasteiger partial charge in [-0.2, -0.15) is 0 Å². The summed E-state index contributed by atoms with van der Waals surface area (Å²) in [5.41, 5.74) is 1.19. The van der Waals surface area contributed by atoms with Crippen LogP contribution in [0.3, 0.4) is 0 Å². The summed E-state index contributed by atoms with van der Waals surface area (Å²) >= 11 is 0. The minimum absolute atomic E-state index is 0.196. The number of carbonyl (C=O) groups excluding carboxylic acids is 1. The molecule has 80 valence electrons. The molecule has 2 aliphatic rings. The van der Waals surface area contributed by atoms with Crippen LogP contribution in [0.25, 0.3) is 0 Å². The summed E-state index contributed by atoms with van der Waals surface area (Å²) in [6.45, 7) is 1.97. The number of furan rings is 1. The first-order valence-corrected chi connectivity index (χ1v) is 5.37. The fourth-order valence-corrected chi connectivity index (χ4v) is 2.63. The van der Waals surface area contributed by atoms with Crippen molar-refractivity contribution in [1.29, 1.82) is 0 Å². The smallest absolute Gasteiger partial charge is 0.221 e. The third-order valence-corrected chi connectivity index (χ3v) is 3.37. The van der Waals surface area contributed by atoms with E-state index < -0.39 is 0 Å². The second kappa shape index (κ2) is 3.38. The van der Waals surface area contributed by atoms with Gasteiger partial charge < -0.3 is 9.73 Å². The van der Waals surface area contributed by atoms with Gasteiger partial charge in [0.2, 0.25) is 5.91 Å². The molecule has 2 saturated heterocycles. The van der Waals surface area contributed by atoms with Gasteiger partial charge in [-0.1, -0.05) is 0 Å². The fourth-order valence-electron chi connectivity index (χ4n) is 2.63. The van der Waals surface area contributed by atoms with Gasteiger partial charge in [0.15, 0.2) is 0 Å². The van der Waals surface area contributed by atoms with E-state index in [1.165, 1.54) is 5.56 Å². The summed E-state index contributed by atoms with van der Waals surface area (Å²) in [7, 11) is 0. The van der Waals surface area contributed by atoms with Crippen molar-refractivity contribution in [2.75, 3.05) is 6.54 Å². The molecule has 0 saturated carbocycles. The van der Waals surface area contributed by atoms with Crippen molar-refractivity contribution in [3.8, 4) is 0 Å². The van der Waals surface area contributed by atoms with Gasteiger partial charge in [0, 0.05) is 37.2 Å². The van der Waals surface area contributed by atoms with E-state index in [1.807, 2.05) is 6.07 Å². The predicted octanol–water partition coefficient (Wildman–Crippen LogP) is 0.742. The van der Waals surface area contributed by atoms with Crippen LogP contribution < -0.4 is 5.32 Å². The van der Waals surface area contributed by atoms with Gasteiger partial charge in [-0.15, -0.1) is 0 Å². The molecule has 4 heteroatoms. The average molecular weight is 206 g/mol. The number of likely N-dealkylation sites (tertiary alicyclic amines) is 1. The first-order chi connectivity index (χ1) is 7.33. The third-order valence-electron chi connectivity index (χ3n) is 3.37. The molecule has 3 heterocycles. The summed E-state index contributed by atoms with van der Waals surface area (Å²) in [6.07, 6.45) is 5.20. The first-order valence-electron chi connectivity index (χ1n) is 5.37. The zero-order valence-corrected chi connectivity index (χ0v) is 8.48. The quantitative estimate of drug-likeness (QED) is 0.776. The van der Waals surface area contributed by atoms with Crippen LogP contribution in [0.2, 0.25) is 0 Å². The second-order valence-electron chi connectivity index (χ2n) is 4.34. The van der Waals surface area contributed by atoms with E-state index in [9.17, 15) is 4.79 Å². The molecule has 0 bridgehead atoms. The lowest BCUT2D eigenvalue weighted by molar-refractivity contribution is -0.119. The minimum atomic E-state index is 0.196. The van der Waals surface area contributed by atoms with Crippen LogP contribution in [0.4, 0.5) is 0 Å². The number of hydrogen-bond acceptors (Lipinski definition) is 3. The van der Waals surface area contributed by atoms with Crippen molar-refractivity contribution in [3.05, 3.63) is 24.2 Å². The standard InChI is InChI=1S/C11H14N2O2/c14-11-5-10-9(12-11)1-3-13(10)6-8-2-4-15-7-8/h2,4,7,9-10H,1,3,5-6H2,(H,12,14). The van der Waals surface area contributed by atoms with Crippen molar-refractivity contribution < 1.29 is 9.21 Å². The molecule has 0 radical (unpaired) electrons. The van der Waals surface area contributed by atoms with E-state index in [1.54, 1.807) is 12.5 Å². The molecule has 1 aromatic rings. The Bertz CT molecular complexity index is 361. The average Bonchev–Trinajstić information content (AvgIpc) is 2.85. The summed E-state index contributed by atoms with van der Waals surface area (Å²) in [5.74, 6) is 0.196. The maximum atomic E-state index is 11.2. The molecular weight excluding hydrogens is 192 g/mol. The lowest BCUT2D eigenvalue weighted by Crippen LogP contribution is -2.33. The highest BCUT2D eigenvalue weighted by Gasteiger charge is 2.40. The number of amides is 1. The molecule has 2 fully saturated rings. The van der Waals surface area contributed by atoms with Gasteiger partial charge in [0.1, 0.15) is 0 Å². The maximum Gasteiger partial charge on any atom is 0.221 e. The van der Waals surface area contributed by atoms with E-state index in [4.69, 9.17) is 4.42 Å². The van der Waals surface area contributed by atoms with Crippen LogP contribution >= 0.6 is 0 Å². The van der Waals surface area contributed by atoms with Crippen LogP contribution in [-0.4, -0.2) is 29.4 Å². The van der Waals surface area contributed by atoms with Gasteiger partial charge in [0.25, 0.3) is 0 Å². The van der Waals surface area contributed by atoms with Crippen LogP contribution in [0, 0.1) is 0 Å². The molecule has 1 amide bonds. The molecule has 0 aromatic carbocycles. The van der Waals surface area contributed by atoms with Crippen molar-refractivity contribution in [2.24, 2.45) is 0 Å². The molecule has 2 unspecified atom stereocenters. The van der Waals surface area contributed by atoms with Crippen molar-refractivity contribution in [1.82, 2.24) is 10.2 Å². The summed E-state index contributed by atoms with van der Waals surface area (Å²) in [6, 6.07) is 2.76. The molecule has 15 heavy (non-hydrogen) atoms. The highest BCUT2D eigenvalue weighted by atomic mass is 16.3. The number of nitrogens with zero attached hydrogens (tertiary/aromatic N) is 1. The lowest BCUT2D eigenvalue weighted by atomic mass is 10.1. The van der Waals surface area contributed by atoms with Gasteiger partial charge in [-0.25, -0.2) is 0 Å². The van der Waals surface area contributed by atoms with Crippen molar-refractivity contribution in [3.63, 3.8) is 0 Å². The van der Waals surface area contributed by atoms with Crippen LogP contribution in [0.5, 0.6) is 0 Å². The van der Waals surface area contributed by atoms with Gasteiger partial charge in [0.05, 0.1) is 12.5 Å². The Balaban J connectivity index is 1.70. The number of nitrogens with one attached hydrogen (secondary N) is 1. The highest BCUT2D eigenvalue weighted by molar-refractivity contribution is 5.79. The van der Waals surface area contributed by atoms with E-state index in [2.05, 4.69) is 10.2 Å². The topological polar surface area (TPSA) is 45.5 Å². The Hall–Kier alpha value is -1.29. The van der Waals surface area contributed by atoms with Crippen molar-refractivity contribution >= 4 is 5.91 Å². The van der Waals surface area contributed by atoms with Crippen LogP contribution in [0.15, 0.2) is 23.0 Å². The summed E-state index contributed by atoms with van der Waals surface area (Å²) < 4.78 is 5.05. The number of hydrogen-bond donors (Lipinski definition) is 1. The Labute approximate surface area is 88.2 Å². The SMILES string of the molecule is O=C1CC2C(CCN2Cc2ccoc2)N1. The van der Waals surface area contributed by atoms with E-state index in [0.29, 0.717) is 18.5 Å². The molecule has 1 aromatic heterocycles. The summed E-state index contributed by atoms with van der Waals surface area (Å²) in [5, 5.41) is 3.02. The van der Waals surface area contributed by atoms with E-state index >= 15 is 0 Å². The highest BCUT2D eigenvalue weighted by Crippen LogP contribution is 2.27. The van der Waals surface area contributed by atoms with Crippen molar-refractivity contribution in [2.45, 2.75) is 31.5 Å². The largest absolute Gasteiger partial charge is 0.472 e. The second-order valence-corrected chi connectivity index (χ2v) is 4.34. The third kappa shape index (κ3) is 1.55. The molecule has 3 rings (SSSR count). The predicted molar refractivity (Wildman–Crippen MR) is 54.1 cm³/mol. The zero-order chi connectivity index (χ0) is 10.3. The Morgan fingerprint density at radius 3 is 3.33 bits per heavy atom. The Kier molecular flexibility index (Phi) is 2.02. The van der Waals surface area contributed by atoms with Crippen LogP contribution in [-0.2, 0) is 11.3 Å². The molecule has 2 aliphatic heterocycles. The molecule has 0 aliphatic carbocycles. The number of rotatable bonds is 2. The molecule has 4 nitrogen and oxygen atoms in total. The van der Waals surface area contributed by atoms with E-state index in [0.717, 1.165) is 19.5 Å². The lowest BCUT2D eigenvalue weighted by Gasteiger charge is -2.21. The molecule has 2 atom stereocenters. The monoisotopic (exact) mass is 206 g/mol. The Morgan fingerprint density at radius 1 is 1.60 bits per heavy atom. The Morgan fingerprint density at radius 2 is 2.53 bits per heavy atom. The minimum Gasteiger partial charge on any atom is -0.472 e. The maximum absolute atomic E-state index is 11.2.